The van der Waals surface area contributed by atoms with Crippen molar-refractivity contribution in [3.8, 4) is 0 Å². The normalized spacial score (nSPS) is 10.1. The van der Waals surface area contributed by atoms with Crippen molar-refractivity contribution in [2.24, 2.45) is 0 Å². The van der Waals surface area contributed by atoms with E-state index in [-0.39, 0.29) is 24.8 Å². The number of carboxylic acid groups (broad SMARTS) is 1. The number of nitrogens with one attached hydrogen (secondary N) is 1. The minimum Gasteiger partial charge on any atom is -0.481 e. The molecule has 0 aliphatic rings. The molecule has 1 aromatic heterocycles. The van der Waals surface area contributed by atoms with Crippen LogP contribution in [0.4, 0.5) is 5.00 Å². The lowest BCUT2D eigenvalue weighted by Gasteiger charge is -2.16. The molecular weight excluding hydrogens is 268 g/mol. The molecule has 1 heterocycles. The fourth-order valence-corrected chi connectivity index (χ4v) is 2.45. The van der Waals surface area contributed by atoms with E-state index in [9.17, 15) is 14.4 Å². The molecule has 0 aromatic carbocycles. The second-order valence-corrected chi connectivity index (χ2v) is 5.41. The summed E-state index contributed by atoms with van der Waals surface area (Å²) in [4.78, 5) is 36.0. The molecule has 1 rings (SSSR count). The zero-order valence-corrected chi connectivity index (χ0v) is 11.8. The van der Waals surface area contributed by atoms with Gasteiger partial charge in [0.15, 0.2) is 0 Å². The van der Waals surface area contributed by atoms with Gasteiger partial charge < -0.3 is 15.3 Å². The van der Waals surface area contributed by atoms with Crippen molar-refractivity contribution in [2.45, 2.75) is 20.3 Å². The Morgan fingerprint density at radius 2 is 2.05 bits per heavy atom. The topological polar surface area (TPSA) is 86.7 Å². The number of hydrogen-bond acceptors (Lipinski definition) is 4. The van der Waals surface area contributed by atoms with E-state index in [0.29, 0.717) is 10.6 Å². The highest BCUT2D eigenvalue weighted by molar-refractivity contribution is 7.16. The molecule has 2 amide bonds. The Hall–Kier alpha value is -1.89. The van der Waals surface area contributed by atoms with E-state index in [1.807, 2.05) is 6.92 Å². The number of aryl methyl sites for hydroxylation is 1. The second kappa shape index (κ2) is 6.33. The monoisotopic (exact) mass is 284 g/mol. The van der Waals surface area contributed by atoms with Crippen LogP contribution in [0.2, 0.25) is 0 Å². The molecule has 104 valence electrons. The average molecular weight is 284 g/mol. The lowest BCUT2D eigenvalue weighted by molar-refractivity contribution is -0.137. The summed E-state index contributed by atoms with van der Waals surface area (Å²) in [5.41, 5.74) is 0.394. The molecule has 0 atom stereocenters. The van der Waals surface area contributed by atoms with Crippen molar-refractivity contribution in [3.05, 3.63) is 16.5 Å². The van der Waals surface area contributed by atoms with Gasteiger partial charge in [-0.1, -0.05) is 0 Å². The van der Waals surface area contributed by atoms with Gasteiger partial charge in [-0.2, -0.15) is 0 Å². The minimum absolute atomic E-state index is 0.110. The standard InChI is InChI=1S/C12H16N2O4S/c1-7-6-9(11(19-7)13-8(2)15)12(18)14(3)5-4-10(16)17/h6H,4-5H2,1-3H3,(H,13,15)(H,16,17). The van der Waals surface area contributed by atoms with Crippen molar-refractivity contribution < 1.29 is 19.5 Å². The lowest BCUT2D eigenvalue weighted by Crippen LogP contribution is -2.29. The third-order valence-electron chi connectivity index (χ3n) is 2.38. The highest BCUT2D eigenvalue weighted by atomic mass is 32.1. The third kappa shape index (κ3) is 4.36. The molecule has 2 N–H and O–H groups in total. The quantitative estimate of drug-likeness (QED) is 0.859. The van der Waals surface area contributed by atoms with Gasteiger partial charge >= 0.3 is 5.97 Å². The molecule has 0 fully saturated rings. The predicted octanol–water partition coefficient (Wildman–Crippen LogP) is 1.56. The Labute approximate surface area is 115 Å². The van der Waals surface area contributed by atoms with Crippen LogP contribution in [0.1, 0.15) is 28.6 Å². The van der Waals surface area contributed by atoms with E-state index >= 15 is 0 Å². The fraction of sp³-hybridized carbons (Fsp3) is 0.417. The molecule has 0 aliphatic heterocycles. The number of anilines is 1. The molecule has 1 aromatic rings. The Morgan fingerprint density at radius 3 is 2.58 bits per heavy atom. The molecule has 0 aliphatic carbocycles. The van der Waals surface area contributed by atoms with Crippen LogP contribution in [-0.4, -0.2) is 41.4 Å². The molecule has 0 saturated carbocycles. The highest BCUT2D eigenvalue weighted by Crippen LogP contribution is 2.28. The molecular formula is C12H16N2O4S. The molecule has 0 radical (unpaired) electrons. The molecule has 19 heavy (non-hydrogen) atoms. The average Bonchev–Trinajstić information content (AvgIpc) is 2.65. The third-order valence-corrected chi connectivity index (χ3v) is 3.35. The van der Waals surface area contributed by atoms with Crippen LogP contribution >= 0.6 is 11.3 Å². The van der Waals surface area contributed by atoms with E-state index < -0.39 is 5.97 Å². The summed E-state index contributed by atoms with van der Waals surface area (Å²) in [5, 5.41) is 11.7. The zero-order chi connectivity index (χ0) is 14.6. The summed E-state index contributed by atoms with van der Waals surface area (Å²) < 4.78 is 0. The number of thiophene rings is 1. The zero-order valence-electron chi connectivity index (χ0n) is 11.0. The fourth-order valence-electron chi connectivity index (χ4n) is 1.50. The first-order valence-electron chi connectivity index (χ1n) is 5.66. The van der Waals surface area contributed by atoms with Gasteiger partial charge in [0.2, 0.25) is 5.91 Å². The van der Waals surface area contributed by atoms with Gasteiger partial charge in [-0.15, -0.1) is 11.3 Å². The number of rotatable bonds is 5. The van der Waals surface area contributed by atoms with E-state index in [1.165, 1.54) is 30.2 Å². The maximum absolute atomic E-state index is 12.2. The van der Waals surface area contributed by atoms with E-state index in [1.54, 1.807) is 6.07 Å². The number of hydrogen-bond donors (Lipinski definition) is 2. The molecule has 0 bridgehead atoms. The second-order valence-electron chi connectivity index (χ2n) is 4.15. The summed E-state index contributed by atoms with van der Waals surface area (Å²) >= 11 is 1.32. The van der Waals surface area contributed by atoms with Gasteiger partial charge in [0.05, 0.1) is 12.0 Å². The number of carbonyl (C=O) groups excluding carboxylic acids is 2. The Morgan fingerprint density at radius 1 is 1.42 bits per heavy atom. The number of carboxylic acids is 1. The summed E-state index contributed by atoms with van der Waals surface area (Å²) in [6, 6.07) is 1.69. The van der Waals surface area contributed by atoms with Gasteiger partial charge in [-0.05, 0) is 13.0 Å². The largest absolute Gasteiger partial charge is 0.481 e. The van der Waals surface area contributed by atoms with Gasteiger partial charge in [-0.3, -0.25) is 14.4 Å². The maximum Gasteiger partial charge on any atom is 0.305 e. The number of nitrogens with zero attached hydrogens (tertiary/aromatic N) is 1. The minimum atomic E-state index is -0.955. The van der Waals surface area contributed by atoms with Gasteiger partial charge in [-0.25, -0.2) is 0 Å². The van der Waals surface area contributed by atoms with Crippen molar-refractivity contribution in [1.82, 2.24) is 4.90 Å². The van der Waals surface area contributed by atoms with Crippen LogP contribution in [0.3, 0.4) is 0 Å². The molecule has 7 heteroatoms. The first-order valence-corrected chi connectivity index (χ1v) is 6.48. The Bertz CT molecular complexity index is 510. The van der Waals surface area contributed by atoms with Crippen LogP contribution in [-0.2, 0) is 9.59 Å². The summed E-state index contributed by atoms with van der Waals surface area (Å²) in [6.07, 6.45) is -0.110. The Kier molecular flexibility index (Phi) is 5.05. The number of aliphatic carboxylic acids is 1. The summed E-state index contributed by atoms with van der Waals surface area (Å²) in [7, 11) is 1.54. The van der Waals surface area contributed by atoms with E-state index in [4.69, 9.17) is 5.11 Å². The van der Waals surface area contributed by atoms with E-state index in [0.717, 1.165) is 4.88 Å². The molecule has 6 nitrogen and oxygen atoms in total. The van der Waals surface area contributed by atoms with Crippen molar-refractivity contribution in [3.63, 3.8) is 0 Å². The van der Waals surface area contributed by atoms with Gasteiger partial charge in [0, 0.05) is 25.4 Å². The van der Waals surface area contributed by atoms with Crippen LogP contribution < -0.4 is 5.32 Å². The van der Waals surface area contributed by atoms with Crippen LogP contribution in [0.15, 0.2) is 6.07 Å². The molecule has 0 unspecified atom stereocenters. The summed E-state index contributed by atoms with van der Waals surface area (Å²) in [5.74, 6) is -1.50. The van der Waals surface area contributed by atoms with Crippen LogP contribution in [0.5, 0.6) is 0 Å². The van der Waals surface area contributed by atoms with Gasteiger partial charge in [0.25, 0.3) is 5.91 Å². The Balaban J connectivity index is 2.86. The first kappa shape index (κ1) is 15.2. The van der Waals surface area contributed by atoms with Crippen LogP contribution in [0, 0.1) is 6.92 Å². The van der Waals surface area contributed by atoms with E-state index in [2.05, 4.69) is 5.32 Å². The SMILES string of the molecule is CC(=O)Nc1sc(C)cc1C(=O)N(C)CCC(=O)O. The summed E-state index contributed by atoms with van der Waals surface area (Å²) in [6.45, 7) is 3.34. The maximum atomic E-state index is 12.2. The predicted molar refractivity (Wildman–Crippen MR) is 72.6 cm³/mol. The lowest BCUT2D eigenvalue weighted by atomic mass is 10.2. The molecule has 0 saturated heterocycles. The van der Waals surface area contributed by atoms with Crippen molar-refractivity contribution >= 4 is 34.1 Å². The molecule has 0 spiro atoms. The smallest absolute Gasteiger partial charge is 0.305 e. The van der Waals surface area contributed by atoms with Crippen LogP contribution in [0.25, 0.3) is 0 Å². The number of carbonyl (C=O) groups is 3. The highest BCUT2D eigenvalue weighted by Gasteiger charge is 2.19. The van der Waals surface area contributed by atoms with Crippen molar-refractivity contribution in [1.29, 1.82) is 0 Å². The van der Waals surface area contributed by atoms with Gasteiger partial charge in [0.1, 0.15) is 5.00 Å². The van der Waals surface area contributed by atoms with Crippen molar-refractivity contribution in [2.75, 3.05) is 18.9 Å². The number of amides is 2. The first-order chi connectivity index (χ1) is 8.81.